The van der Waals surface area contributed by atoms with Gasteiger partial charge in [-0.25, -0.2) is 4.68 Å². The van der Waals surface area contributed by atoms with E-state index in [0.29, 0.717) is 0 Å². The summed E-state index contributed by atoms with van der Waals surface area (Å²) in [7, 11) is 0. The Bertz CT molecular complexity index is 818. The van der Waals surface area contributed by atoms with Crippen molar-refractivity contribution in [2.75, 3.05) is 5.32 Å². The van der Waals surface area contributed by atoms with Crippen molar-refractivity contribution in [1.29, 1.82) is 0 Å². The Hall–Kier alpha value is -2.62. The third-order valence-corrected chi connectivity index (χ3v) is 4.88. The molecule has 122 valence electrons. The van der Waals surface area contributed by atoms with Crippen molar-refractivity contribution in [3.8, 4) is 0 Å². The molecule has 0 fully saturated rings. The Morgan fingerprint density at radius 1 is 1.04 bits per heavy atom. The summed E-state index contributed by atoms with van der Waals surface area (Å²) in [5.74, 6) is 0.844. The maximum atomic E-state index is 4.44. The van der Waals surface area contributed by atoms with E-state index in [1.165, 1.54) is 22.3 Å². The van der Waals surface area contributed by atoms with E-state index in [2.05, 4.69) is 77.8 Å². The fourth-order valence-corrected chi connectivity index (χ4v) is 3.39. The monoisotopic (exact) mass is 318 g/mol. The Balaban J connectivity index is 1.68. The summed E-state index contributed by atoms with van der Waals surface area (Å²) in [6.07, 6.45) is 3.66. The second kappa shape index (κ2) is 6.11. The van der Waals surface area contributed by atoms with Crippen molar-refractivity contribution in [3.05, 3.63) is 77.1 Å². The quantitative estimate of drug-likeness (QED) is 0.783. The van der Waals surface area contributed by atoms with Gasteiger partial charge in [-0.15, -0.1) is 0 Å². The molecule has 1 aliphatic heterocycles. The van der Waals surface area contributed by atoms with Crippen LogP contribution in [0.25, 0.3) is 0 Å². The SMILES string of the molecule is CCc1ccc(C2CC(c3ccc(C)cc3)n3ncnc3N2)cc1. The number of rotatable bonds is 3. The van der Waals surface area contributed by atoms with Crippen LogP contribution < -0.4 is 5.32 Å². The van der Waals surface area contributed by atoms with Crippen molar-refractivity contribution in [1.82, 2.24) is 14.8 Å². The highest BCUT2D eigenvalue weighted by Crippen LogP contribution is 2.37. The van der Waals surface area contributed by atoms with Gasteiger partial charge in [-0.1, -0.05) is 61.0 Å². The van der Waals surface area contributed by atoms with Crippen LogP contribution in [0.15, 0.2) is 54.9 Å². The summed E-state index contributed by atoms with van der Waals surface area (Å²) < 4.78 is 2.00. The first-order chi connectivity index (χ1) is 11.7. The van der Waals surface area contributed by atoms with E-state index in [4.69, 9.17) is 0 Å². The van der Waals surface area contributed by atoms with Gasteiger partial charge in [0, 0.05) is 0 Å². The number of aromatic nitrogens is 3. The first-order valence-corrected chi connectivity index (χ1v) is 8.56. The molecule has 1 N–H and O–H groups in total. The van der Waals surface area contributed by atoms with Gasteiger partial charge in [0.25, 0.3) is 0 Å². The van der Waals surface area contributed by atoms with E-state index >= 15 is 0 Å². The topological polar surface area (TPSA) is 42.7 Å². The van der Waals surface area contributed by atoms with Gasteiger partial charge < -0.3 is 5.32 Å². The average Bonchev–Trinajstić information content (AvgIpc) is 3.10. The number of hydrogen-bond acceptors (Lipinski definition) is 3. The zero-order chi connectivity index (χ0) is 16.5. The molecule has 2 heterocycles. The highest BCUT2D eigenvalue weighted by molar-refractivity contribution is 5.39. The summed E-state index contributed by atoms with van der Waals surface area (Å²) in [4.78, 5) is 4.40. The number of aryl methyl sites for hydroxylation is 2. The molecule has 3 aromatic rings. The molecule has 24 heavy (non-hydrogen) atoms. The predicted octanol–water partition coefficient (Wildman–Crippen LogP) is 4.30. The molecule has 0 amide bonds. The lowest BCUT2D eigenvalue weighted by molar-refractivity contribution is 0.431. The molecule has 0 radical (unpaired) electrons. The predicted molar refractivity (Wildman–Crippen MR) is 96.1 cm³/mol. The van der Waals surface area contributed by atoms with E-state index in [0.717, 1.165) is 18.8 Å². The number of benzene rings is 2. The third-order valence-electron chi connectivity index (χ3n) is 4.88. The highest BCUT2D eigenvalue weighted by Gasteiger charge is 2.29. The highest BCUT2D eigenvalue weighted by atomic mass is 15.4. The lowest BCUT2D eigenvalue weighted by Gasteiger charge is -2.32. The first kappa shape index (κ1) is 14.9. The summed E-state index contributed by atoms with van der Waals surface area (Å²) in [5.41, 5.74) is 5.23. The second-order valence-electron chi connectivity index (χ2n) is 6.48. The van der Waals surface area contributed by atoms with Gasteiger partial charge in [-0.05, 0) is 36.5 Å². The number of fused-ring (bicyclic) bond motifs is 1. The van der Waals surface area contributed by atoms with E-state index in [1.807, 2.05) is 4.68 Å². The maximum absolute atomic E-state index is 4.44. The van der Waals surface area contributed by atoms with Crippen LogP contribution >= 0.6 is 0 Å². The number of hydrogen-bond donors (Lipinski definition) is 1. The molecule has 1 aromatic heterocycles. The summed E-state index contributed by atoms with van der Waals surface area (Å²) in [6, 6.07) is 18.1. The third kappa shape index (κ3) is 2.68. The zero-order valence-electron chi connectivity index (χ0n) is 14.1. The molecule has 1 aliphatic rings. The Labute approximate surface area is 142 Å². The van der Waals surface area contributed by atoms with Gasteiger partial charge in [0.2, 0.25) is 5.95 Å². The van der Waals surface area contributed by atoms with Crippen molar-refractivity contribution in [3.63, 3.8) is 0 Å². The van der Waals surface area contributed by atoms with Crippen LogP contribution in [0.2, 0.25) is 0 Å². The Morgan fingerprint density at radius 3 is 2.46 bits per heavy atom. The zero-order valence-corrected chi connectivity index (χ0v) is 14.1. The fraction of sp³-hybridized carbons (Fsp3) is 0.300. The Kier molecular flexibility index (Phi) is 3.81. The first-order valence-electron chi connectivity index (χ1n) is 8.56. The van der Waals surface area contributed by atoms with Crippen molar-refractivity contribution < 1.29 is 0 Å². The normalized spacial score (nSPS) is 19.6. The number of anilines is 1. The number of nitrogens with one attached hydrogen (secondary N) is 1. The van der Waals surface area contributed by atoms with Crippen LogP contribution in [0.4, 0.5) is 5.95 Å². The van der Waals surface area contributed by atoms with Crippen LogP contribution in [0, 0.1) is 6.92 Å². The van der Waals surface area contributed by atoms with Crippen molar-refractivity contribution >= 4 is 5.95 Å². The molecule has 4 nitrogen and oxygen atoms in total. The van der Waals surface area contributed by atoms with Gasteiger partial charge in [-0.2, -0.15) is 10.1 Å². The van der Waals surface area contributed by atoms with E-state index < -0.39 is 0 Å². The molecule has 2 aromatic carbocycles. The average molecular weight is 318 g/mol. The second-order valence-corrected chi connectivity index (χ2v) is 6.48. The van der Waals surface area contributed by atoms with Gasteiger partial charge in [0.15, 0.2) is 0 Å². The molecule has 4 heteroatoms. The molecular formula is C20H22N4. The maximum Gasteiger partial charge on any atom is 0.222 e. The summed E-state index contributed by atoms with van der Waals surface area (Å²) in [6.45, 7) is 4.30. The van der Waals surface area contributed by atoms with E-state index in [1.54, 1.807) is 6.33 Å². The standard InChI is InChI=1S/C20H22N4/c1-3-15-6-10-16(11-7-15)18-12-19(17-8-4-14(2)5-9-17)24-20(23-18)21-13-22-24/h4-11,13,18-19H,3,12H2,1-2H3,(H,21,22,23). The van der Waals surface area contributed by atoms with E-state index in [9.17, 15) is 0 Å². The fourth-order valence-electron chi connectivity index (χ4n) is 3.39. The lowest BCUT2D eigenvalue weighted by Crippen LogP contribution is -2.28. The molecule has 0 saturated carbocycles. The molecule has 0 aliphatic carbocycles. The van der Waals surface area contributed by atoms with Crippen LogP contribution in [0.3, 0.4) is 0 Å². The van der Waals surface area contributed by atoms with Crippen LogP contribution in [-0.2, 0) is 6.42 Å². The van der Waals surface area contributed by atoms with Gasteiger partial charge in [-0.3, -0.25) is 0 Å². The molecule has 4 rings (SSSR count). The molecule has 0 bridgehead atoms. The van der Waals surface area contributed by atoms with Gasteiger partial charge in [0.1, 0.15) is 6.33 Å². The minimum atomic E-state index is 0.209. The van der Waals surface area contributed by atoms with Crippen LogP contribution in [0.1, 0.15) is 47.7 Å². The van der Waals surface area contributed by atoms with Gasteiger partial charge >= 0.3 is 0 Å². The van der Waals surface area contributed by atoms with Gasteiger partial charge in [0.05, 0.1) is 12.1 Å². The van der Waals surface area contributed by atoms with Crippen molar-refractivity contribution in [2.45, 2.75) is 38.8 Å². The van der Waals surface area contributed by atoms with Crippen molar-refractivity contribution in [2.24, 2.45) is 0 Å². The molecule has 2 unspecified atom stereocenters. The molecule has 0 spiro atoms. The largest absolute Gasteiger partial charge is 0.348 e. The lowest BCUT2D eigenvalue weighted by atomic mass is 9.92. The molecule has 0 saturated heterocycles. The molecular weight excluding hydrogens is 296 g/mol. The molecule has 2 atom stereocenters. The summed E-state index contributed by atoms with van der Waals surface area (Å²) >= 11 is 0. The minimum Gasteiger partial charge on any atom is -0.348 e. The smallest absolute Gasteiger partial charge is 0.222 e. The van der Waals surface area contributed by atoms with E-state index in [-0.39, 0.29) is 12.1 Å². The summed E-state index contributed by atoms with van der Waals surface area (Å²) in [5, 5.41) is 7.97. The van der Waals surface area contributed by atoms with Crippen LogP contribution in [0.5, 0.6) is 0 Å². The number of nitrogens with zero attached hydrogens (tertiary/aromatic N) is 3. The minimum absolute atomic E-state index is 0.209. The van der Waals surface area contributed by atoms with Crippen LogP contribution in [-0.4, -0.2) is 14.8 Å². The Morgan fingerprint density at radius 2 is 1.75 bits per heavy atom.